The summed E-state index contributed by atoms with van der Waals surface area (Å²) in [6.07, 6.45) is 11.9. The van der Waals surface area contributed by atoms with Crippen molar-refractivity contribution in [1.29, 1.82) is 0 Å². The maximum atomic E-state index is 13.9. The van der Waals surface area contributed by atoms with Crippen molar-refractivity contribution in [2.75, 3.05) is 0 Å². The number of nitrogens with zero attached hydrogens (tertiary/aromatic N) is 1. The Morgan fingerprint density at radius 2 is 1.47 bits per heavy atom. The van der Waals surface area contributed by atoms with Crippen LogP contribution in [0.15, 0.2) is 48.5 Å². The van der Waals surface area contributed by atoms with Crippen LogP contribution in [0.3, 0.4) is 0 Å². The van der Waals surface area contributed by atoms with E-state index in [1.54, 1.807) is 6.07 Å². The summed E-state index contributed by atoms with van der Waals surface area (Å²) < 4.78 is 6.12. The van der Waals surface area contributed by atoms with Crippen molar-refractivity contribution in [1.82, 2.24) is 4.90 Å². The third-order valence-electron chi connectivity index (χ3n) is 6.58. The molecule has 0 aliphatic heterocycles. The standard InChI is InChI=1S/C26H32ClNO2/c27-21-16-17-25(30-19-20-10-4-1-5-11-20)24(18-21)26(29)28(22-12-6-2-7-13-22)23-14-8-3-9-15-23/h1,4-5,10-11,16-18,22-23H,2-3,6-9,12-15,19H2. The maximum absolute atomic E-state index is 13.9. The minimum Gasteiger partial charge on any atom is -0.488 e. The summed E-state index contributed by atoms with van der Waals surface area (Å²) in [7, 11) is 0. The van der Waals surface area contributed by atoms with Crippen LogP contribution in [0.25, 0.3) is 0 Å². The SMILES string of the molecule is O=C(c1cc(Cl)ccc1OCc1ccccc1)N(C1CCCCC1)C1CCCCC1. The third-order valence-corrected chi connectivity index (χ3v) is 6.81. The molecule has 0 bridgehead atoms. The zero-order valence-electron chi connectivity index (χ0n) is 17.7. The molecular weight excluding hydrogens is 394 g/mol. The van der Waals surface area contributed by atoms with E-state index in [-0.39, 0.29) is 5.91 Å². The van der Waals surface area contributed by atoms with E-state index < -0.39 is 0 Å². The summed E-state index contributed by atoms with van der Waals surface area (Å²) in [6, 6.07) is 16.2. The molecule has 2 aliphatic rings. The summed E-state index contributed by atoms with van der Waals surface area (Å²) in [5.41, 5.74) is 1.69. The Morgan fingerprint density at radius 3 is 2.07 bits per heavy atom. The second kappa shape index (κ2) is 10.3. The van der Waals surface area contributed by atoms with E-state index in [9.17, 15) is 4.79 Å². The predicted molar refractivity (Wildman–Crippen MR) is 122 cm³/mol. The van der Waals surface area contributed by atoms with Gasteiger partial charge in [-0.25, -0.2) is 0 Å². The number of hydrogen-bond acceptors (Lipinski definition) is 2. The summed E-state index contributed by atoms with van der Waals surface area (Å²) >= 11 is 6.33. The van der Waals surface area contributed by atoms with Gasteiger partial charge in [-0.2, -0.15) is 0 Å². The number of ether oxygens (including phenoxy) is 1. The molecule has 30 heavy (non-hydrogen) atoms. The molecule has 0 unspecified atom stereocenters. The fourth-order valence-electron chi connectivity index (χ4n) is 5.02. The van der Waals surface area contributed by atoms with Crippen LogP contribution in [0.4, 0.5) is 0 Å². The summed E-state index contributed by atoms with van der Waals surface area (Å²) in [4.78, 5) is 16.1. The van der Waals surface area contributed by atoms with Gasteiger partial charge < -0.3 is 9.64 Å². The Morgan fingerprint density at radius 1 is 0.867 bits per heavy atom. The van der Waals surface area contributed by atoms with Gasteiger partial charge in [0.25, 0.3) is 5.91 Å². The Hall–Kier alpha value is -2.00. The van der Waals surface area contributed by atoms with Crippen LogP contribution in [0, 0.1) is 0 Å². The van der Waals surface area contributed by atoms with Gasteiger partial charge in [0, 0.05) is 17.1 Å². The van der Waals surface area contributed by atoms with Gasteiger partial charge in [0.05, 0.1) is 5.56 Å². The van der Waals surface area contributed by atoms with Gasteiger partial charge in [-0.3, -0.25) is 4.79 Å². The molecule has 2 aliphatic carbocycles. The summed E-state index contributed by atoms with van der Waals surface area (Å²) in [6.45, 7) is 0.440. The van der Waals surface area contributed by atoms with Crippen molar-refractivity contribution in [3.05, 3.63) is 64.7 Å². The zero-order valence-corrected chi connectivity index (χ0v) is 18.4. The molecule has 2 saturated carbocycles. The topological polar surface area (TPSA) is 29.5 Å². The van der Waals surface area contributed by atoms with E-state index in [0.29, 0.717) is 35.0 Å². The third kappa shape index (κ3) is 5.18. The van der Waals surface area contributed by atoms with Crippen LogP contribution in [0.2, 0.25) is 5.02 Å². The predicted octanol–water partition coefficient (Wildman–Crippen LogP) is 7.03. The average Bonchev–Trinajstić information content (AvgIpc) is 2.80. The maximum Gasteiger partial charge on any atom is 0.258 e. The molecular formula is C26H32ClNO2. The van der Waals surface area contributed by atoms with Crippen LogP contribution in [-0.4, -0.2) is 22.9 Å². The van der Waals surface area contributed by atoms with Crippen LogP contribution >= 0.6 is 11.6 Å². The molecule has 0 spiro atoms. The zero-order chi connectivity index (χ0) is 20.8. The van der Waals surface area contributed by atoms with E-state index in [1.165, 1.54) is 38.5 Å². The molecule has 1 amide bonds. The van der Waals surface area contributed by atoms with Crippen molar-refractivity contribution in [2.24, 2.45) is 0 Å². The highest BCUT2D eigenvalue weighted by Gasteiger charge is 2.34. The Bertz CT molecular complexity index is 808. The number of rotatable bonds is 6. The number of halogens is 1. The minimum absolute atomic E-state index is 0.0966. The van der Waals surface area contributed by atoms with Crippen molar-refractivity contribution in [3.8, 4) is 5.75 Å². The molecule has 0 atom stereocenters. The molecule has 0 N–H and O–H groups in total. The Balaban J connectivity index is 1.60. The van der Waals surface area contributed by atoms with Gasteiger partial charge in [-0.1, -0.05) is 80.5 Å². The first-order chi connectivity index (χ1) is 14.7. The molecule has 2 fully saturated rings. The van der Waals surface area contributed by atoms with E-state index >= 15 is 0 Å². The first kappa shape index (κ1) is 21.2. The smallest absolute Gasteiger partial charge is 0.258 e. The Labute approximate surface area is 185 Å². The largest absolute Gasteiger partial charge is 0.488 e. The molecule has 4 rings (SSSR count). The van der Waals surface area contributed by atoms with Crippen molar-refractivity contribution >= 4 is 17.5 Å². The molecule has 2 aromatic carbocycles. The monoisotopic (exact) mass is 425 g/mol. The highest BCUT2D eigenvalue weighted by molar-refractivity contribution is 6.31. The van der Waals surface area contributed by atoms with E-state index in [0.717, 1.165) is 31.2 Å². The highest BCUT2D eigenvalue weighted by Crippen LogP contribution is 2.34. The second-order valence-electron chi connectivity index (χ2n) is 8.71. The van der Waals surface area contributed by atoms with E-state index in [1.807, 2.05) is 42.5 Å². The van der Waals surface area contributed by atoms with Gasteiger partial charge >= 0.3 is 0 Å². The lowest BCUT2D eigenvalue weighted by Gasteiger charge is -2.42. The highest BCUT2D eigenvalue weighted by atomic mass is 35.5. The van der Waals surface area contributed by atoms with Crippen LogP contribution < -0.4 is 4.74 Å². The lowest BCUT2D eigenvalue weighted by Crippen LogP contribution is -2.48. The normalized spacial score (nSPS) is 18.2. The second-order valence-corrected chi connectivity index (χ2v) is 9.15. The van der Waals surface area contributed by atoms with Gasteiger partial charge in [0.2, 0.25) is 0 Å². The Kier molecular flexibility index (Phi) is 7.33. The first-order valence-electron chi connectivity index (χ1n) is 11.5. The lowest BCUT2D eigenvalue weighted by molar-refractivity contribution is 0.0444. The first-order valence-corrected chi connectivity index (χ1v) is 11.9. The van der Waals surface area contributed by atoms with Crippen molar-refractivity contribution in [3.63, 3.8) is 0 Å². The van der Waals surface area contributed by atoms with Crippen molar-refractivity contribution < 1.29 is 9.53 Å². The van der Waals surface area contributed by atoms with Crippen LogP contribution in [-0.2, 0) is 6.61 Å². The van der Waals surface area contributed by atoms with Crippen LogP contribution in [0.1, 0.15) is 80.1 Å². The molecule has 3 nitrogen and oxygen atoms in total. The minimum atomic E-state index is 0.0966. The lowest BCUT2D eigenvalue weighted by atomic mass is 9.88. The molecule has 0 radical (unpaired) electrons. The fraction of sp³-hybridized carbons (Fsp3) is 0.500. The van der Waals surface area contributed by atoms with Crippen molar-refractivity contribution in [2.45, 2.75) is 82.9 Å². The molecule has 2 aromatic rings. The number of amides is 1. The number of benzene rings is 2. The van der Waals surface area contributed by atoms with Gasteiger partial charge in [0.1, 0.15) is 12.4 Å². The quantitative estimate of drug-likeness (QED) is 0.497. The molecule has 0 saturated heterocycles. The molecule has 160 valence electrons. The van der Waals surface area contributed by atoms with Gasteiger partial charge in [0.15, 0.2) is 0 Å². The van der Waals surface area contributed by atoms with E-state index in [2.05, 4.69) is 4.90 Å². The molecule has 0 aromatic heterocycles. The summed E-state index contributed by atoms with van der Waals surface area (Å²) in [5.74, 6) is 0.726. The summed E-state index contributed by atoms with van der Waals surface area (Å²) in [5, 5.41) is 0.581. The number of carbonyl (C=O) groups is 1. The fourth-order valence-corrected chi connectivity index (χ4v) is 5.19. The van der Waals surface area contributed by atoms with E-state index in [4.69, 9.17) is 16.3 Å². The van der Waals surface area contributed by atoms with Gasteiger partial charge in [-0.05, 0) is 49.4 Å². The van der Waals surface area contributed by atoms with Gasteiger partial charge in [-0.15, -0.1) is 0 Å². The van der Waals surface area contributed by atoms with Crippen LogP contribution in [0.5, 0.6) is 5.75 Å². The molecule has 0 heterocycles. The molecule has 4 heteroatoms. The number of carbonyl (C=O) groups excluding carboxylic acids is 1. The number of hydrogen-bond donors (Lipinski definition) is 0. The average molecular weight is 426 g/mol.